The molecule has 1 unspecified atom stereocenters. The van der Waals surface area contributed by atoms with E-state index in [1.54, 1.807) is 24.3 Å². The van der Waals surface area contributed by atoms with Crippen molar-refractivity contribution in [3.05, 3.63) is 83.1 Å². The van der Waals surface area contributed by atoms with Gasteiger partial charge in [-0.05, 0) is 60.9 Å². The monoisotopic (exact) mass is 419 g/mol. The highest BCUT2D eigenvalue weighted by Crippen LogP contribution is 2.40. The summed E-state index contributed by atoms with van der Waals surface area (Å²) in [7, 11) is 0. The Morgan fingerprint density at radius 1 is 1.00 bits per heavy atom. The predicted octanol–water partition coefficient (Wildman–Crippen LogP) is 6.14. The number of phenolic OH excluding ortho intramolecular Hbond substituents is 1. The first-order chi connectivity index (χ1) is 14.6. The van der Waals surface area contributed by atoms with Crippen LogP contribution in [0.3, 0.4) is 0 Å². The molecule has 0 spiro atoms. The molecule has 0 radical (unpaired) electrons. The average Bonchev–Trinajstić information content (AvgIpc) is 3.23. The molecular formula is C24H19ClFN3O. The first-order valence-electron chi connectivity index (χ1n) is 9.88. The lowest BCUT2D eigenvalue weighted by atomic mass is 10.0. The Bertz CT molecular complexity index is 1230. The average molecular weight is 420 g/mol. The van der Waals surface area contributed by atoms with Gasteiger partial charge in [0.2, 0.25) is 0 Å². The maximum Gasteiger partial charge on any atom is 0.165 e. The number of para-hydroxylation sites is 1. The molecule has 3 aromatic carbocycles. The number of aromatic nitrogens is 2. The van der Waals surface area contributed by atoms with Gasteiger partial charge in [0, 0.05) is 17.0 Å². The molecule has 6 heteroatoms. The summed E-state index contributed by atoms with van der Waals surface area (Å²) in [5.74, 6) is 0.879. The Morgan fingerprint density at radius 3 is 2.60 bits per heavy atom. The zero-order valence-corrected chi connectivity index (χ0v) is 16.9. The number of rotatable bonds is 3. The molecule has 2 heterocycles. The van der Waals surface area contributed by atoms with Crippen LogP contribution in [0, 0.1) is 5.82 Å². The van der Waals surface area contributed by atoms with Gasteiger partial charge in [0.05, 0.1) is 17.1 Å². The minimum absolute atomic E-state index is 0.112. The van der Waals surface area contributed by atoms with E-state index in [2.05, 4.69) is 9.88 Å². The highest BCUT2D eigenvalue weighted by Gasteiger charge is 2.29. The van der Waals surface area contributed by atoms with E-state index in [1.807, 2.05) is 30.3 Å². The molecule has 1 fully saturated rings. The molecule has 1 saturated heterocycles. The first-order valence-corrected chi connectivity index (χ1v) is 10.3. The summed E-state index contributed by atoms with van der Waals surface area (Å²) < 4.78 is 14.1. The number of phenols is 1. The van der Waals surface area contributed by atoms with E-state index in [1.165, 1.54) is 12.1 Å². The number of hydrogen-bond acceptors (Lipinski definition) is 4. The van der Waals surface area contributed by atoms with Gasteiger partial charge in [-0.2, -0.15) is 0 Å². The first kappa shape index (κ1) is 18.8. The van der Waals surface area contributed by atoms with Crippen molar-refractivity contribution >= 4 is 28.3 Å². The third-order valence-electron chi connectivity index (χ3n) is 5.56. The summed E-state index contributed by atoms with van der Waals surface area (Å²) in [6, 6.07) is 19.5. The maximum absolute atomic E-state index is 14.1. The molecule has 30 heavy (non-hydrogen) atoms. The fourth-order valence-electron chi connectivity index (χ4n) is 4.14. The fourth-order valence-corrected chi connectivity index (χ4v) is 4.26. The quantitative estimate of drug-likeness (QED) is 0.433. The van der Waals surface area contributed by atoms with Crippen LogP contribution in [0.5, 0.6) is 5.75 Å². The van der Waals surface area contributed by atoms with Crippen LogP contribution in [0.1, 0.15) is 24.4 Å². The molecule has 0 bridgehead atoms. The Labute approximate surface area is 178 Å². The van der Waals surface area contributed by atoms with Crippen molar-refractivity contribution in [2.45, 2.75) is 18.9 Å². The van der Waals surface area contributed by atoms with Crippen LogP contribution >= 0.6 is 11.6 Å². The number of benzene rings is 3. The molecule has 0 aliphatic carbocycles. The lowest BCUT2D eigenvalue weighted by Crippen LogP contribution is -2.24. The third-order valence-corrected chi connectivity index (χ3v) is 5.81. The summed E-state index contributed by atoms with van der Waals surface area (Å²) >= 11 is 6.07. The molecule has 150 valence electrons. The summed E-state index contributed by atoms with van der Waals surface area (Å²) in [6.45, 7) is 0.802. The lowest BCUT2D eigenvalue weighted by Gasteiger charge is -2.27. The highest BCUT2D eigenvalue weighted by atomic mass is 35.5. The van der Waals surface area contributed by atoms with Crippen LogP contribution in [0.15, 0.2) is 66.7 Å². The number of aromatic hydroxyl groups is 1. The molecule has 0 amide bonds. The second-order valence-corrected chi connectivity index (χ2v) is 7.89. The normalized spacial score (nSPS) is 16.3. The van der Waals surface area contributed by atoms with Gasteiger partial charge in [0.1, 0.15) is 17.4 Å². The fraction of sp³-hybridized carbons (Fsp3) is 0.167. The maximum atomic E-state index is 14.1. The van der Waals surface area contributed by atoms with Crippen LogP contribution in [0.25, 0.3) is 22.3 Å². The molecule has 4 aromatic rings. The molecule has 4 nitrogen and oxygen atoms in total. The largest absolute Gasteiger partial charge is 0.507 e. The SMILES string of the molecule is Oc1ccccc1-c1nc(N2CCCC2c2ccc(Cl)cc2)c2cc(F)ccc2n1. The van der Waals surface area contributed by atoms with E-state index in [0.717, 1.165) is 24.9 Å². The highest BCUT2D eigenvalue weighted by molar-refractivity contribution is 6.30. The van der Waals surface area contributed by atoms with Crippen LogP contribution in [0.2, 0.25) is 5.02 Å². The van der Waals surface area contributed by atoms with Crippen molar-refractivity contribution in [1.29, 1.82) is 0 Å². The molecule has 1 aromatic heterocycles. The number of halogens is 2. The minimum Gasteiger partial charge on any atom is -0.507 e. The zero-order chi connectivity index (χ0) is 20.7. The van der Waals surface area contributed by atoms with E-state index < -0.39 is 0 Å². The van der Waals surface area contributed by atoms with Gasteiger partial charge in [-0.1, -0.05) is 35.9 Å². The van der Waals surface area contributed by atoms with Crippen LogP contribution in [0.4, 0.5) is 10.2 Å². The summed E-state index contributed by atoms with van der Waals surface area (Å²) in [5, 5.41) is 11.7. The molecule has 1 aliphatic heterocycles. The van der Waals surface area contributed by atoms with Crippen molar-refractivity contribution in [2.75, 3.05) is 11.4 Å². The molecular weight excluding hydrogens is 401 g/mol. The predicted molar refractivity (Wildman–Crippen MR) is 117 cm³/mol. The Balaban J connectivity index is 1.69. The van der Waals surface area contributed by atoms with Gasteiger partial charge in [0.25, 0.3) is 0 Å². The van der Waals surface area contributed by atoms with Crippen LogP contribution < -0.4 is 4.90 Å². The summed E-state index contributed by atoms with van der Waals surface area (Å²) in [5.41, 5.74) is 2.33. The van der Waals surface area contributed by atoms with Gasteiger partial charge in [-0.3, -0.25) is 0 Å². The van der Waals surface area contributed by atoms with Crippen molar-refractivity contribution in [1.82, 2.24) is 9.97 Å². The zero-order valence-electron chi connectivity index (χ0n) is 16.1. The van der Waals surface area contributed by atoms with E-state index in [-0.39, 0.29) is 17.6 Å². The number of fused-ring (bicyclic) bond motifs is 1. The van der Waals surface area contributed by atoms with E-state index in [4.69, 9.17) is 16.6 Å². The summed E-state index contributed by atoms with van der Waals surface area (Å²) in [4.78, 5) is 11.6. The second-order valence-electron chi connectivity index (χ2n) is 7.45. The van der Waals surface area contributed by atoms with Crippen molar-refractivity contribution in [3.63, 3.8) is 0 Å². The molecule has 1 atom stereocenters. The number of hydrogen-bond donors (Lipinski definition) is 1. The van der Waals surface area contributed by atoms with Crippen LogP contribution in [-0.2, 0) is 0 Å². The standard InChI is InChI=1S/C24H19ClFN3O/c25-16-9-7-15(8-10-16)21-5-3-13-29(21)24-19-14-17(26)11-12-20(19)27-23(28-24)18-4-1-2-6-22(18)30/h1-2,4,6-12,14,21,30H,3,5,13H2. The van der Waals surface area contributed by atoms with Crippen molar-refractivity contribution < 1.29 is 9.50 Å². The van der Waals surface area contributed by atoms with Gasteiger partial charge in [0.15, 0.2) is 5.82 Å². The van der Waals surface area contributed by atoms with E-state index in [0.29, 0.717) is 33.1 Å². The number of nitrogens with zero attached hydrogens (tertiary/aromatic N) is 3. The minimum atomic E-state index is -0.329. The van der Waals surface area contributed by atoms with Crippen LogP contribution in [-0.4, -0.2) is 21.6 Å². The van der Waals surface area contributed by atoms with Gasteiger partial charge in [-0.15, -0.1) is 0 Å². The molecule has 5 rings (SSSR count). The third kappa shape index (κ3) is 3.35. The van der Waals surface area contributed by atoms with Gasteiger partial charge >= 0.3 is 0 Å². The topological polar surface area (TPSA) is 49.3 Å². The van der Waals surface area contributed by atoms with Gasteiger partial charge in [-0.25, -0.2) is 14.4 Å². The van der Waals surface area contributed by atoms with Crippen molar-refractivity contribution in [2.24, 2.45) is 0 Å². The van der Waals surface area contributed by atoms with E-state index >= 15 is 0 Å². The molecule has 1 aliphatic rings. The lowest BCUT2D eigenvalue weighted by molar-refractivity contribution is 0.477. The van der Waals surface area contributed by atoms with E-state index in [9.17, 15) is 9.50 Å². The summed E-state index contributed by atoms with van der Waals surface area (Å²) in [6.07, 6.45) is 1.97. The molecule has 1 N–H and O–H groups in total. The smallest absolute Gasteiger partial charge is 0.165 e. The Morgan fingerprint density at radius 2 is 1.80 bits per heavy atom. The van der Waals surface area contributed by atoms with Crippen molar-refractivity contribution in [3.8, 4) is 17.1 Å². The second kappa shape index (κ2) is 7.58. The molecule has 0 saturated carbocycles. The number of anilines is 1. The Kier molecular flexibility index (Phi) is 4.75. The Hall–Kier alpha value is -3.18. The van der Waals surface area contributed by atoms with Gasteiger partial charge < -0.3 is 10.0 Å².